The van der Waals surface area contributed by atoms with Gasteiger partial charge in [0.25, 0.3) is 0 Å². The molecule has 4 heteroatoms. The Kier molecular flexibility index (Phi) is 7.61. The van der Waals surface area contributed by atoms with Crippen LogP contribution in [-0.4, -0.2) is 4.57 Å². The van der Waals surface area contributed by atoms with E-state index in [4.69, 9.17) is 8.83 Å². The number of para-hydroxylation sites is 3. The first-order valence-electron chi connectivity index (χ1n) is 21.2. The lowest BCUT2D eigenvalue weighted by Crippen LogP contribution is -2.10. The zero-order valence-electron chi connectivity index (χ0n) is 33.6. The molecule has 0 atom stereocenters. The number of nitrogens with zero attached hydrogens (tertiary/aromatic N) is 2. The average molecular weight is 793 g/mol. The number of hydrogen-bond acceptors (Lipinski definition) is 3. The summed E-state index contributed by atoms with van der Waals surface area (Å²) in [5, 5.41) is 7.84. The fourth-order valence-electron chi connectivity index (χ4n) is 9.96. The Morgan fingerprint density at radius 3 is 2.21 bits per heavy atom. The van der Waals surface area contributed by atoms with Gasteiger partial charge in [-0.05, 0) is 102 Å². The predicted octanol–water partition coefficient (Wildman–Crippen LogP) is 15.9. The van der Waals surface area contributed by atoms with Crippen LogP contribution >= 0.6 is 0 Å². The molecule has 1 aliphatic rings. The summed E-state index contributed by atoms with van der Waals surface area (Å²) in [7, 11) is 0. The molecule has 0 bridgehead atoms. The first kappa shape index (κ1) is 34.6. The maximum Gasteiger partial charge on any atom is 0.143 e. The maximum absolute atomic E-state index is 6.74. The summed E-state index contributed by atoms with van der Waals surface area (Å²) >= 11 is 0. The van der Waals surface area contributed by atoms with Gasteiger partial charge in [0.05, 0.1) is 28.0 Å². The van der Waals surface area contributed by atoms with Crippen LogP contribution in [0.4, 0.5) is 17.1 Å². The summed E-state index contributed by atoms with van der Waals surface area (Å²) < 4.78 is 15.5. The first-order chi connectivity index (χ1) is 30.8. The molecule has 0 amide bonds. The maximum atomic E-state index is 6.74. The summed E-state index contributed by atoms with van der Waals surface area (Å²) in [6, 6.07) is 71.7. The average Bonchev–Trinajstić information content (AvgIpc) is 4.02. The molecule has 1 aliphatic carbocycles. The van der Waals surface area contributed by atoms with Crippen LogP contribution in [-0.2, 0) is 6.42 Å². The van der Waals surface area contributed by atoms with E-state index in [9.17, 15) is 0 Å². The highest BCUT2D eigenvalue weighted by Gasteiger charge is 2.23. The van der Waals surface area contributed by atoms with E-state index >= 15 is 0 Å². The van der Waals surface area contributed by atoms with Gasteiger partial charge in [-0.25, -0.2) is 0 Å². The number of allylic oxidation sites excluding steroid dienone is 1. The molecule has 0 radical (unpaired) electrons. The van der Waals surface area contributed by atoms with Gasteiger partial charge in [-0.1, -0.05) is 133 Å². The van der Waals surface area contributed by atoms with Crippen LogP contribution in [0.15, 0.2) is 197 Å². The first-order valence-corrected chi connectivity index (χ1v) is 21.2. The van der Waals surface area contributed by atoms with Crippen LogP contribution in [0.2, 0.25) is 0 Å². The van der Waals surface area contributed by atoms with E-state index in [0.717, 1.165) is 112 Å². The zero-order chi connectivity index (χ0) is 40.7. The van der Waals surface area contributed by atoms with Gasteiger partial charge in [0.2, 0.25) is 0 Å². The summed E-state index contributed by atoms with van der Waals surface area (Å²) in [6.07, 6.45) is 6.61. The minimum atomic E-state index is 0.830. The summed E-state index contributed by atoms with van der Waals surface area (Å²) in [6.45, 7) is 0. The Balaban J connectivity index is 1.01. The van der Waals surface area contributed by atoms with Crippen molar-refractivity contribution >= 4 is 88.7 Å². The molecule has 0 saturated heterocycles. The molecule has 0 spiro atoms. The largest absolute Gasteiger partial charge is 0.456 e. The van der Waals surface area contributed by atoms with E-state index in [0.29, 0.717) is 0 Å². The third-order valence-corrected chi connectivity index (χ3v) is 12.7. The smallest absolute Gasteiger partial charge is 0.143 e. The van der Waals surface area contributed by atoms with Gasteiger partial charge >= 0.3 is 0 Å². The molecular formula is C58H36N2O2. The lowest BCUT2D eigenvalue weighted by atomic mass is 9.98. The molecule has 290 valence electrons. The van der Waals surface area contributed by atoms with Crippen LogP contribution in [0.25, 0.3) is 99.6 Å². The highest BCUT2D eigenvalue weighted by atomic mass is 16.3. The van der Waals surface area contributed by atoms with Crippen molar-refractivity contribution in [3.05, 3.63) is 211 Å². The number of benzene rings is 8. The van der Waals surface area contributed by atoms with Gasteiger partial charge in [-0.2, -0.15) is 0 Å². The molecule has 0 fully saturated rings. The molecule has 0 N–H and O–H groups in total. The van der Waals surface area contributed by atoms with E-state index < -0.39 is 0 Å². The number of furan rings is 2. The van der Waals surface area contributed by atoms with Crippen LogP contribution in [0, 0.1) is 12.1 Å². The third kappa shape index (κ3) is 5.22. The molecule has 9 aromatic carbocycles. The second-order valence-corrected chi connectivity index (χ2v) is 16.1. The number of hydrogen-bond donors (Lipinski definition) is 0. The molecule has 0 unspecified atom stereocenters. The molecule has 3 heterocycles. The minimum Gasteiger partial charge on any atom is -0.456 e. The Morgan fingerprint density at radius 2 is 1.29 bits per heavy atom. The molecule has 0 aliphatic heterocycles. The molecule has 4 nitrogen and oxygen atoms in total. The number of anilines is 3. The summed E-state index contributed by atoms with van der Waals surface area (Å²) in [4.78, 5) is 2.30. The lowest BCUT2D eigenvalue weighted by molar-refractivity contribution is 0.669. The van der Waals surface area contributed by atoms with Crippen molar-refractivity contribution < 1.29 is 8.83 Å². The highest BCUT2D eigenvalue weighted by molar-refractivity contribution is 6.20. The van der Waals surface area contributed by atoms with Crippen molar-refractivity contribution in [1.29, 1.82) is 0 Å². The number of fused-ring (bicyclic) bond motifs is 11. The Hall–Kier alpha value is -8.26. The van der Waals surface area contributed by atoms with Crippen molar-refractivity contribution in [2.75, 3.05) is 4.90 Å². The van der Waals surface area contributed by atoms with E-state index in [-0.39, 0.29) is 0 Å². The minimum absolute atomic E-state index is 0.830. The SMILES string of the molecule is c1c(-c2ccccc2-n2c3c(c4ccccc42)C=CCC3)ccc(N(c2cccc(-c3cccc4oc5ccccc5c34)c2)c2cccc3oc4c5ccccc5ccc4c23)c#1. The van der Waals surface area contributed by atoms with Gasteiger partial charge in [0, 0.05) is 55.0 Å². The van der Waals surface area contributed by atoms with Crippen LogP contribution in [0.1, 0.15) is 17.7 Å². The van der Waals surface area contributed by atoms with E-state index in [1.54, 1.807) is 0 Å². The fraction of sp³-hybridized carbons (Fsp3) is 0.0345. The summed E-state index contributed by atoms with van der Waals surface area (Å²) in [5.74, 6) is 0. The normalized spacial score (nSPS) is 12.5. The highest BCUT2D eigenvalue weighted by Crippen LogP contribution is 2.46. The van der Waals surface area contributed by atoms with Crippen molar-refractivity contribution in [3.8, 4) is 27.9 Å². The predicted molar refractivity (Wildman–Crippen MR) is 256 cm³/mol. The Bertz CT molecular complexity index is 3770. The topological polar surface area (TPSA) is 34.5 Å². The van der Waals surface area contributed by atoms with E-state index in [2.05, 4.69) is 204 Å². The fourth-order valence-corrected chi connectivity index (χ4v) is 9.96. The zero-order valence-corrected chi connectivity index (χ0v) is 33.6. The molecule has 62 heavy (non-hydrogen) atoms. The van der Waals surface area contributed by atoms with Gasteiger partial charge in [-0.3, -0.25) is 0 Å². The van der Waals surface area contributed by atoms with Crippen molar-refractivity contribution in [1.82, 2.24) is 4.57 Å². The van der Waals surface area contributed by atoms with Crippen molar-refractivity contribution in [2.45, 2.75) is 12.8 Å². The van der Waals surface area contributed by atoms with Crippen molar-refractivity contribution in [2.24, 2.45) is 0 Å². The Morgan fingerprint density at radius 1 is 0.532 bits per heavy atom. The van der Waals surface area contributed by atoms with Gasteiger partial charge in [0.15, 0.2) is 0 Å². The van der Waals surface area contributed by atoms with Crippen LogP contribution in [0.3, 0.4) is 0 Å². The third-order valence-electron chi connectivity index (χ3n) is 12.7. The second kappa shape index (κ2) is 13.6. The van der Waals surface area contributed by atoms with Gasteiger partial charge in [0.1, 0.15) is 22.3 Å². The van der Waals surface area contributed by atoms with Crippen LogP contribution < -0.4 is 4.90 Å². The van der Waals surface area contributed by atoms with E-state index in [1.165, 1.54) is 22.2 Å². The van der Waals surface area contributed by atoms with Gasteiger partial charge in [-0.15, -0.1) is 0 Å². The van der Waals surface area contributed by atoms with Gasteiger partial charge < -0.3 is 18.3 Å². The second-order valence-electron chi connectivity index (χ2n) is 16.1. The van der Waals surface area contributed by atoms with E-state index in [1.807, 2.05) is 12.1 Å². The Labute approximate surface area is 357 Å². The molecule has 3 aromatic heterocycles. The molecular weight excluding hydrogens is 757 g/mol. The summed E-state index contributed by atoms with van der Waals surface area (Å²) in [5.41, 5.74) is 15.6. The standard InChI is InChI=1S/C58H36N2O2/c1-2-18-44-37(14-1)32-35-48-57-52(26-13-29-55(57)62-58(44)48)59(41-16-11-15-39(36-41)43-22-12-28-54-56(43)47-21-6-10-27-53(47)61-54)40-33-30-38(31-34-40)42-17-3-7-23-49(42)60-50-24-8-4-19-45(50)46-20-5-9-25-51(46)60/h1-8,10-24,26-30,32-33,35-36H,9,25H2. The molecule has 12 aromatic rings. The molecule has 13 rings (SSSR count). The monoisotopic (exact) mass is 792 g/mol. The number of rotatable bonds is 6. The quantitative estimate of drug-likeness (QED) is 0.168. The molecule has 0 saturated carbocycles. The number of aromatic nitrogens is 1. The lowest BCUT2D eigenvalue weighted by Gasteiger charge is -2.25. The van der Waals surface area contributed by atoms with Crippen LogP contribution in [0.5, 0.6) is 0 Å². The van der Waals surface area contributed by atoms with Crippen molar-refractivity contribution in [3.63, 3.8) is 0 Å².